The van der Waals surface area contributed by atoms with Crippen LogP contribution in [0.4, 0.5) is 0 Å². The molecule has 52 heavy (non-hydrogen) atoms. The molecule has 2 heterocycles. The maximum Gasteiger partial charge on any atom is 0.0780 e. The first-order chi connectivity index (χ1) is 25.3. The van der Waals surface area contributed by atoms with Gasteiger partial charge < -0.3 is 9.55 Å². The molecule has 0 saturated carbocycles. The Kier molecular flexibility index (Phi) is 10.7. The summed E-state index contributed by atoms with van der Waals surface area (Å²) in [7, 11) is 0. The molecule has 7 aromatic carbocycles. The zero-order chi connectivity index (χ0) is 34.2. The monoisotopic (exact) mass is 844 g/mol. The Morgan fingerprint density at radius 2 is 1.00 bits per heavy atom. The molecule has 3 nitrogen and oxygen atoms in total. The fourth-order valence-electron chi connectivity index (χ4n) is 6.39. The van der Waals surface area contributed by atoms with E-state index in [1.807, 2.05) is 66.7 Å². The second kappa shape index (κ2) is 16.2. The fraction of sp³-hybridized carbons (Fsp3) is 0. The Hall–Kier alpha value is -6.19. The van der Waals surface area contributed by atoms with Gasteiger partial charge in [-0.25, -0.2) is 0 Å². The van der Waals surface area contributed by atoms with Gasteiger partial charge in [0.05, 0.1) is 22.5 Å². The minimum atomic E-state index is 0. The molecule has 0 aliphatic carbocycles. The Balaban J connectivity index is 0.000000275. The zero-order valence-corrected chi connectivity index (χ0v) is 30.6. The van der Waals surface area contributed by atoms with Crippen molar-refractivity contribution in [3.63, 3.8) is 0 Å². The van der Waals surface area contributed by atoms with Crippen LogP contribution < -0.4 is 0 Å². The maximum absolute atomic E-state index is 5.25. The molecule has 251 valence electrons. The van der Waals surface area contributed by atoms with Gasteiger partial charge in [-0.05, 0) is 46.1 Å². The Morgan fingerprint density at radius 3 is 1.56 bits per heavy atom. The Bertz CT molecular complexity index is 2390. The second-order valence-corrected chi connectivity index (χ2v) is 12.0. The number of hydrogen-bond acceptors (Lipinski definition) is 2. The van der Waals surface area contributed by atoms with Gasteiger partial charge in [-0.15, -0.1) is 71.8 Å². The first kappa shape index (κ1) is 34.3. The van der Waals surface area contributed by atoms with Crippen molar-refractivity contribution in [3.8, 4) is 61.7 Å². The first-order valence-corrected chi connectivity index (χ1v) is 17.0. The van der Waals surface area contributed by atoms with E-state index in [1.165, 1.54) is 5.56 Å². The molecular formula is C48H33IrN3-2. The molecule has 0 unspecified atom stereocenters. The van der Waals surface area contributed by atoms with E-state index in [-0.39, 0.29) is 20.1 Å². The third-order valence-electron chi connectivity index (χ3n) is 8.79. The molecule has 9 rings (SSSR count). The topological polar surface area (TPSA) is 30.7 Å². The Labute approximate surface area is 318 Å². The van der Waals surface area contributed by atoms with Gasteiger partial charge >= 0.3 is 0 Å². The van der Waals surface area contributed by atoms with Crippen LogP contribution in [0.15, 0.2) is 200 Å². The van der Waals surface area contributed by atoms with Crippen molar-refractivity contribution in [2.75, 3.05) is 0 Å². The zero-order valence-electron chi connectivity index (χ0n) is 28.2. The minimum Gasteiger partial charge on any atom is -0.332 e. The molecule has 0 atom stereocenters. The molecule has 0 N–H and O–H groups in total. The smallest absolute Gasteiger partial charge is 0.0780 e. The molecule has 9 aromatic rings. The van der Waals surface area contributed by atoms with Gasteiger partial charge in [0, 0.05) is 37.4 Å². The van der Waals surface area contributed by atoms with Gasteiger partial charge in [-0.2, -0.15) is 0 Å². The van der Waals surface area contributed by atoms with Crippen molar-refractivity contribution in [2.24, 2.45) is 0 Å². The van der Waals surface area contributed by atoms with E-state index in [0.29, 0.717) is 0 Å². The van der Waals surface area contributed by atoms with E-state index < -0.39 is 0 Å². The molecule has 0 saturated heterocycles. The standard InChI is InChI=1S/C37H25N2.C11H8N.Ir/c1-5-14-27(15-6-1)31-24-25-35-34(26-31)38-37(30-20-11-4-12-21-30)39(35)36-32(28-16-7-2-8-17-28)22-13-23-33(36)29-18-9-3-10-19-29;1-2-6-10(7-3-1)11-8-4-5-9-12-11;/h1-20,22-26H;1-6,8-9H;/q2*-1;. The summed E-state index contributed by atoms with van der Waals surface area (Å²) in [6.07, 6.45) is 1.79. The van der Waals surface area contributed by atoms with Crippen LogP contribution >= 0.6 is 0 Å². The van der Waals surface area contributed by atoms with Gasteiger partial charge in [0.15, 0.2) is 0 Å². The quantitative estimate of drug-likeness (QED) is 0.156. The molecule has 0 aliphatic heterocycles. The molecular weight excluding hydrogens is 811 g/mol. The average Bonchev–Trinajstić information content (AvgIpc) is 3.61. The van der Waals surface area contributed by atoms with E-state index in [0.717, 1.165) is 67.2 Å². The summed E-state index contributed by atoms with van der Waals surface area (Å²) in [6, 6.07) is 73.2. The fourth-order valence-corrected chi connectivity index (χ4v) is 6.39. The second-order valence-electron chi connectivity index (χ2n) is 12.0. The number of aromatic nitrogens is 3. The minimum absolute atomic E-state index is 0. The molecule has 0 fully saturated rings. The van der Waals surface area contributed by atoms with Crippen LogP contribution in [-0.2, 0) is 20.1 Å². The largest absolute Gasteiger partial charge is 0.332 e. The number of nitrogens with zero attached hydrogens (tertiary/aromatic N) is 3. The summed E-state index contributed by atoms with van der Waals surface area (Å²) >= 11 is 0. The molecule has 0 bridgehead atoms. The van der Waals surface area contributed by atoms with Crippen LogP contribution in [-0.4, -0.2) is 14.5 Å². The van der Waals surface area contributed by atoms with Crippen molar-refractivity contribution in [1.29, 1.82) is 0 Å². The SMILES string of the molecule is [Ir].[c-]1ccccc1-c1ccccn1.[c-]1ccccc1-c1nc2cc(-c3ccccc3)ccc2n1-c1c(-c2ccccc2)cccc1-c1ccccc1. The molecule has 4 heteroatoms. The molecule has 0 aliphatic rings. The van der Waals surface area contributed by atoms with E-state index in [9.17, 15) is 0 Å². The van der Waals surface area contributed by atoms with Gasteiger partial charge in [0.25, 0.3) is 0 Å². The van der Waals surface area contributed by atoms with Crippen LogP contribution in [0.3, 0.4) is 0 Å². The maximum atomic E-state index is 5.25. The van der Waals surface area contributed by atoms with Crippen LogP contribution in [0, 0.1) is 12.1 Å². The summed E-state index contributed by atoms with van der Waals surface area (Å²) < 4.78 is 2.32. The van der Waals surface area contributed by atoms with Crippen LogP contribution in [0.5, 0.6) is 0 Å². The third kappa shape index (κ3) is 7.31. The third-order valence-corrected chi connectivity index (χ3v) is 8.79. The van der Waals surface area contributed by atoms with Crippen LogP contribution in [0.25, 0.3) is 72.7 Å². The summed E-state index contributed by atoms with van der Waals surface area (Å²) in [5.41, 5.74) is 13.0. The molecule has 0 spiro atoms. The summed E-state index contributed by atoms with van der Waals surface area (Å²) in [5, 5.41) is 0. The number of pyridine rings is 1. The summed E-state index contributed by atoms with van der Waals surface area (Å²) in [6.45, 7) is 0. The van der Waals surface area contributed by atoms with Crippen molar-refractivity contribution < 1.29 is 20.1 Å². The molecule has 0 amide bonds. The predicted octanol–water partition coefficient (Wildman–Crippen LogP) is 12.0. The molecule has 1 radical (unpaired) electrons. The van der Waals surface area contributed by atoms with Crippen molar-refractivity contribution in [2.45, 2.75) is 0 Å². The van der Waals surface area contributed by atoms with Crippen LogP contribution in [0.2, 0.25) is 0 Å². The number of para-hydroxylation sites is 1. The van der Waals surface area contributed by atoms with E-state index in [1.54, 1.807) is 6.20 Å². The number of imidazole rings is 1. The van der Waals surface area contributed by atoms with E-state index >= 15 is 0 Å². The van der Waals surface area contributed by atoms with Gasteiger partial charge in [-0.1, -0.05) is 127 Å². The van der Waals surface area contributed by atoms with E-state index in [2.05, 4.69) is 149 Å². The first-order valence-electron chi connectivity index (χ1n) is 17.0. The number of fused-ring (bicyclic) bond motifs is 1. The number of rotatable bonds is 6. The van der Waals surface area contributed by atoms with Gasteiger partial charge in [-0.3, -0.25) is 4.98 Å². The summed E-state index contributed by atoms with van der Waals surface area (Å²) in [5.74, 6) is 0.872. The number of hydrogen-bond donors (Lipinski definition) is 0. The Morgan fingerprint density at radius 1 is 0.442 bits per heavy atom. The molecule has 2 aromatic heterocycles. The predicted molar refractivity (Wildman–Crippen MR) is 210 cm³/mol. The van der Waals surface area contributed by atoms with Gasteiger partial charge in [0.2, 0.25) is 0 Å². The number of benzene rings is 7. The van der Waals surface area contributed by atoms with Crippen molar-refractivity contribution >= 4 is 11.0 Å². The summed E-state index contributed by atoms with van der Waals surface area (Å²) in [4.78, 5) is 9.46. The normalized spacial score (nSPS) is 10.5. The average molecular weight is 844 g/mol. The van der Waals surface area contributed by atoms with Crippen molar-refractivity contribution in [1.82, 2.24) is 14.5 Å². The van der Waals surface area contributed by atoms with Crippen LogP contribution in [0.1, 0.15) is 0 Å². The van der Waals surface area contributed by atoms with Crippen molar-refractivity contribution in [3.05, 3.63) is 212 Å². The van der Waals surface area contributed by atoms with E-state index in [4.69, 9.17) is 4.98 Å². The van der Waals surface area contributed by atoms with Gasteiger partial charge in [0.1, 0.15) is 0 Å².